The number of carbonyl (C=O) groups is 3. The van der Waals surface area contributed by atoms with Crippen molar-refractivity contribution in [3.63, 3.8) is 0 Å². The number of morpholine rings is 1. The van der Waals surface area contributed by atoms with E-state index in [9.17, 15) is 14.4 Å². The molecular formula is C35H38N8O4. The fraction of sp³-hybridized carbons (Fsp3) is 0.257. The van der Waals surface area contributed by atoms with Gasteiger partial charge in [-0.3, -0.25) is 19.3 Å². The molecule has 1 fully saturated rings. The number of benzene rings is 1. The van der Waals surface area contributed by atoms with Crippen LogP contribution >= 0.6 is 0 Å². The molecule has 0 atom stereocenters. The van der Waals surface area contributed by atoms with E-state index in [2.05, 4.69) is 25.8 Å². The third-order valence-corrected chi connectivity index (χ3v) is 8.13. The quantitative estimate of drug-likeness (QED) is 0.213. The van der Waals surface area contributed by atoms with Gasteiger partial charge >= 0.3 is 0 Å². The van der Waals surface area contributed by atoms with Gasteiger partial charge in [-0.15, -0.1) is 0 Å². The van der Waals surface area contributed by atoms with Gasteiger partial charge in [-0.1, -0.05) is 30.3 Å². The summed E-state index contributed by atoms with van der Waals surface area (Å²) in [6, 6.07) is 17.0. The summed E-state index contributed by atoms with van der Waals surface area (Å²) in [6.07, 6.45) is 9.08. The number of pyridine rings is 1. The van der Waals surface area contributed by atoms with Crippen molar-refractivity contribution in [1.29, 1.82) is 0 Å². The van der Waals surface area contributed by atoms with Crippen molar-refractivity contribution in [1.82, 2.24) is 28.9 Å². The van der Waals surface area contributed by atoms with E-state index in [0.29, 0.717) is 48.2 Å². The van der Waals surface area contributed by atoms with Gasteiger partial charge in [-0.05, 0) is 42.0 Å². The standard InChI is InChI=1S/C35H38N8O4/c1-40-21-24(8-10-26-11-9-25-6-4-5-7-29(25)37-26)18-30(40)34(45)38-28-20-32(42(3)23-28)35(46)39-27-19-31(41(2)22-27)33(44)36-12-13-43-14-16-47-17-15-43/h4-11,18-23H,12-17H2,1-3H3,(H,36,44)(H,38,45)(H,39,46). The minimum atomic E-state index is -0.369. The summed E-state index contributed by atoms with van der Waals surface area (Å²) < 4.78 is 10.4. The fourth-order valence-electron chi connectivity index (χ4n) is 5.61. The molecule has 12 nitrogen and oxygen atoms in total. The normalized spacial score (nSPS) is 13.7. The molecular weight excluding hydrogens is 596 g/mol. The Hall–Kier alpha value is -5.46. The van der Waals surface area contributed by atoms with Crippen LogP contribution in [0.2, 0.25) is 0 Å². The Morgan fingerprint density at radius 3 is 2.09 bits per heavy atom. The molecule has 5 aromatic rings. The van der Waals surface area contributed by atoms with Crippen LogP contribution in [0.5, 0.6) is 0 Å². The van der Waals surface area contributed by atoms with Crippen molar-refractivity contribution in [2.45, 2.75) is 0 Å². The van der Waals surface area contributed by atoms with Gasteiger partial charge in [-0.25, -0.2) is 4.98 Å². The van der Waals surface area contributed by atoms with Crippen LogP contribution in [0.25, 0.3) is 23.1 Å². The second-order valence-electron chi connectivity index (χ2n) is 11.6. The minimum Gasteiger partial charge on any atom is -0.379 e. The number of para-hydroxylation sites is 1. The third-order valence-electron chi connectivity index (χ3n) is 8.13. The van der Waals surface area contributed by atoms with E-state index in [0.717, 1.165) is 41.8 Å². The first-order chi connectivity index (χ1) is 22.7. The highest BCUT2D eigenvalue weighted by molar-refractivity contribution is 6.07. The summed E-state index contributed by atoms with van der Waals surface area (Å²) in [7, 11) is 5.30. The van der Waals surface area contributed by atoms with Gasteiger partial charge < -0.3 is 34.4 Å². The van der Waals surface area contributed by atoms with Crippen LogP contribution in [0.4, 0.5) is 11.4 Å². The number of ether oxygens (including phenoxy) is 1. The van der Waals surface area contributed by atoms with Gasteiger partial charge in [0, 0.05) is 71.3 Å². The average molecular weight is 635 g/mol. The largest absolute Gasteiger partial charge is 0.379 e. The highest BCUT2D eigenvalue weighted by Gasteiger charge is 2.19. The first-order valence-corrected chi connectivity index (χ1v) is 15.5. The van der Waals surface area contributed by atoms with E-state index in [1.54, 1.807) is 58.4 Å². The first-order valence-electron chi connectivity index (χ1n) is 15.5. The van der Waals surface area contributed by atoms with Crippen LogP contribution in [0, 0.1) is 0 Å². The van der Waals surface area contributed by atoms with E-state index >= 15 is 0 Å². The molecule has 0 spiro atoms. The smallest absolute Gasteiger partial charge is 0.272 e. The maximum absolute atomic E-state index is 13.2. The number of anilines is 2. The minimum absolute atomic E-state index is 0.213. The first kappa shape index (κ1) is 31.5. The number of aromatic nitrogens is 4. The molecule has 1 aliphatic heterocycles. The number of hydrogen-bond donors (Lipinski definition) is 3. The maximum Gasteiger partial charge on any atom is 0.272 e. The van der Waals surface area contributed by atoms with Crippen molar-refractivity contribution in [2.24, 2.45) is 21.1 Å². The summed E-state index contributed by atoms with van der Waals surface area (Å²) in [5.74, 6) is -0.887. The Labute approximate surface area is 272 Å². The molecule has 1 aliphatic rings. The number of fused-ring (bicyclic) bond motifs is 1. The van der Waals surface area contributed by atoms with Gasteiger partial charge in [0.1, 0.15) is 17.1 Å². The molecule has 3 amide bonds. The summed E-state index contributed by atoms with van der Waals surface area (Å²) in [4.78, 5) is 46.1. The van der Waals surface area contributed by atoms with E-state index in [1.807, 2.05) is 61.8 Å². The molecule has 5 heterocycles. The number of nitrogens with one attached hydrogen (secondary N) is 3. The van der Waals surface area contributed by atoms with Crippen LogP contribution < -0.4 is 16.0 Å². The Bertz CT molecular complexity index is 1960. The van der Waals surface area contributed by atoms with Crippen molar-refractivity contribution in [3.05, 3.63) is 102 Å². The zero-order chi connectivity index (χ0) is 32.9. The molecule has 0 radical (unpaired) electrons. The summed E-state index contributed by atoms with van der Waals surface area (Å²) in [5.41, 5.74) is 4.82. The lowest BCUT2D eigenvalue weighted by molar-refractivity contribution is 0.0383. The van der Waals surface area contributed by atoms with Crippen molar-refractivity contribution in [2.75, 3.05) is 50.0 Å². The number of rotatable bonds is 10. The van der Waals surface area contributed by atoms with Crippen molar-refractivity contribution >= 4 is 52.2 Å². The lowest BCUT2D eigenvalue weighted by Crippen LogP contribution is -2.41. The van der Waals surface area contributed by atoms with Crippen LogP contribution in [-0.2, 0) is 25.9 Å². The summed E-state index contributed by atoms with van der Waals surface area (Å²) in [5, 5.41) is 9.78. The Morgan fingerprint density at radius 1 is 0.766 bits per heavy atom. The molecule has 0 bridgehead atoms. The molecule has 242 valence electrons. The second kappa shape index (κ2) is 13.9. The van der Waals surface area contributed by atoms with Gasteiger partial charge in [0.15, 0.2) is 0 Å². The van der Waals surface area contributed by atoms with Gasteiger partial charge in [0.05, 0.1) is 35.8 Å². The van der Waals surface area contributed by atoms with E-state index in [-0.39, 0.29) is 17.7 Å². The SMILES string of the molecule is Cn1cc(NC(=O)c2cc(NC(=O)c3cc(C=Cc4ccc5ccccc5n4)cn3C)cn2C)cc1C(=O)NCCN1CCOCC1. The molecule has 0 saturated carbocycles. The van der Waals surface area contributed by atoms with E-state index < -0.39 is 0 Å². The van der Waals surface area contributed by atoms with Crippen molar-refractivity contribution in [3.8, 4) is 0 Å². The van der Waals surface area contributed by atoms with Crippen LogP contribution in [-0.4, -0.2) is 80.7 Å². The number of hydrogen-bond acceptors (Lipinski definition) is 6. The van der Waals surface area contributed by atoms with Gasteiger partial charge in [-0.2, -0.15) is 0 Å². The highest BCUT2D eigenvalue weighted by Crippen LogP contribution is 2.20. The third kappa shape index (κ3) is 7.51. The molecule has 3 N–H and O–H groups in total. The Balaban J connectivity index is 1.05. The number of nitrogens with zero attached hydrogens (tertiary/aromatic N) is 5. The fourth-order valence-corrected chi connectivity index (χ4v) is 5.61. The van der Waals surface area contributed by atoms with Gasteiger partial charge in [0.25, 0.3) is 17.7 Å². The number of amides is 3. The Kier molecular flexibility index (Phi) is 9.32. The molecule has 0 aliphatic carbocycles. The molecule has 1 saturated heterocycles. The van der Waals surface area contributed by atoms with Crippen LogP contribution in [0.3, 0.4) is 0 Å². The zero-order valence-electron chi connectivity index (χ0n) is 26.7. The Morgan fingerprint density at radius 2 is 1.38 bits per heavy atom. The summed E-state index contributed by atoms with van der Waals surface area (Å²) >= 11 is 0. The lowest BCUT2D eigenvalue weighted by Gasteiger charge is -2.26. The van der Waals surface area contributed by atoms with E-state index in [4.69, 9.17) is 4.74 Å². The highest BCUT2D eigenvalue weighted by atomic mass is 16.5. The van der Waals surface area contributed by atoms with Crippen LogP contribution in [0.15, 0.2) is 73.2 Å². The molecule has 12 heteroatoms. The lowest BCUT2D eigenvalue weighted by atomic mass is 10.2. The van der Waals surface area contributed by atoms with Crippen molar-refractivity contribution < 1.29 is 19.1 Å². The monoisotopic (exact) mass is 634 g/mol. The number of carbonyl (C=O) groups excluding carboxylic acids is 3. The summed E-state index contributed by atoms with van der Waals surface area (Å²) in [6.45, 7) is 4.41. The molecule has 47 heavy (non-hydrogen) atoms. The molecule has 0 unspecified atom stereocenters. The predicted octanol–water partition coefficient (Wildman–Crippen LogP) is 3.99. The van der Waals surface area contributed by atoms with Gasteiger partial charge in [0.2, 0.25) is 0 Å². The van der Waals surface area contributed by atoms with Crippen LogP contribution in [0.1, 0.15) is 42.7 Å². The predicted molar refractivity (Wildman–Crippen MR) is 182 cm³/mol. The zero-order valence-corrected chi connectivity index (χ0v) is 26.7. The molecule has 6 rings (SSSR count). The maximum atomic E-state index is 13.2. The average Bonchev–Trinajstić information content (AvgIpc) is 3.75. The van der Waals surface area contributed by atoms with E-state index in [1.165, 1.54) is 0 Å². The molecule has 4 aromatic heterocycles. The topological polar surface area (TPSA) is 127 Å². The number of aryl methyl sites for hydroxylation is 3. The molecule has 1 aromatic carbocycles. The second-order valence-corrected chi connectivity index (χ2v) is 11.6.